The number of nitrogens with zero attached hydrogens (tertiary/aromatic N) is 1. The Kier molecular flexibility index (Phi) is 5.11. The van der Waals surface area contributed by atoms with Crippen LogP contribution in [0.2, 0.25) is 0 Å². The Labute approximate surface area is 152 Å². The zero-order valence-corrected chi connectivity index (χ0v) is 15.1. The van der Waals surface area contributed by atoms with E-state index in [0.717, 1.165) is 11.1 Å². The van der Waals surface area contributed by atoms with Gasteiger partial charge in [-0.1, -0.05) is 24.3 Å². The Morgan fingerprint density at radius 1 is 1.19 bits per heavy atom. The highest BCUT2D eigenvalue weighted by atomic mass is 16.5. The standard InChI is InChI=1S/C20H22N2O4/c1-13-7-6-10-16(14(13)2)25-12-19(23)22-11-18(20(24)21-3)26-17-9-5-4-8-15(17)22/h4-10,18H,11-12H2,1-3H3,(H,21,24)/t18-/m1/s1. The Bertz CT molecular complexity index is 834. The van der Waals surface area contributed by atoms with Crippen LogP contribution in [-0.2, 0) is 9.59 Å². The van der Waals surface area contributed by atoms with Crippen molar-refractivity contribution >= 4 is 17.5 Å². The predicted octanol–water partition coefficient (Wildman–Crippen LogP) is 2.22. The number of likely N-dealkylation sites (N-methyl/N-ethyl adjacent to an activating group) is 1. The second kappa shape index (κ2) is 7.47. The molecule has 0 saturated carbocycles. The molecule has 1 aliphatic heterocycles. The van der Waals surface area contributed by atoms with Gasteiger partial charge in [-0.25, -0.2) is 0 Å². The zero-order chi connectivity index (χ0) is 18.7. The number of aryl methyl sites for hydroxylation is 1. The quantitative estimate of drug-likeness (QED) is 0.914. The van der Waals surface area contributed by atoms with Crippen molar-refractivity contribution in [3.8, 4) is 11.5 Å². The van der Waals surface area contributed by atoms with Gasteiger partial charge in [0.25, 0.3) is 11.8 Å². The van der Waals surface area contributed by atoms with E-state index in [1.165, 1.54) is 0 Å². The number of amides is 2. The van der Waals surface area contributed by atoms with Gasteiger partial charge in [-0.15, -0.1) is 0 Å². The number of carbonyl (C=O) groups is 2. The Hall–Kier alpha value is -3.02. The van der Waals surface area contributed by atoms with Crippen LogP contribution < -0.4 is 19.7 Å². The number of para-hydroxylation sites is 2. The highest BCUT2D eigenvalue weighted by molar-refractivity contribution is 5.98. The van der Waals surface area contributed by atoms with Crippen LogP contribution >= 0.6 is 0 Å². The molecule has 6 heteroatoms. The first-order valence-electron chi connectivity index (χ1n) is 8.48. The molecule has 0 bridgehead atoms. The Morgan fingerprint density at radius 2 is 1.96 bits per heavy atom. The van der Waals surface area contributed by atoms with Gasteiger partial charge >= 0.3 is 0 Å². The number of ether oxygens (including phenoxy) is 2. The molecule has 6 nitrogen and oxygen atoms in total. The van der Waals surface area contributed by atoms with Gasteiger partial charge in [-0.05, 0) is 43.2 Å². The van der Waals surface area contributed by atoms with Gasteiger partial charge < -0.3 is 19.7 Å². The molecule has 0 radical (unpaired) electrons. The largest absolute Gasteiger partial charge is 0.483 e. The van der Waals surface area contributed by atoms with Crippen molar-refractivity contribution in [2.75, 3.05) is 25.1 Å². The monoisotopic (exact) mass is 354 g/mol. The van der Waals surface area contributed by atoms with Crippen molar-refractivity contribution < 1.29 is 19.1 Å². The molecule has 1 N–H and O–H groups in total. The lowest BCUT2D eigenvalue weighted by atomic mass is 10.1. The summed E-state index contributed by atoms with van der Waals surface area (Å²) in [5.41, 5.74) is 2.75. The number of carbonyl (C=O) groups excluding carboxylic acids is 2. The van der Waals surface area contributed by atoms with Crippen LogP contribution in [0.4, 0.5) is 5.69 Å². The number of fused-ring (bicyclic) bond motifs is 1. The second-order valence-corrected chi connectivity index (χ2v) is 6.18. The number of nitrogens with one attached hydrogen (secondary N) is 1. The molecule has 3 rings (SSSR count). The average molecular weight is 354 g/mol. The molecule has 136 valence electrons. The lowest BCUT2D eigenvalue weighted by Crippen LogP contribution is -2.51. The number of hydrogen-bond acceptors (Lipinski definition) is 4. The van der Waals surface area contributed by atoms with E-state index in [9.17, 15) is 9.59 Å². The second-order valence-electron chi connectivity index (χ2n) is 6.18. The maximum Gasteiger partial charge on any atom is 0.265 e. The Morgan fingerprint density at radius 3 is 2.73 bits per heavy atom. The summed E-state index contributed by atoms with van der Waals surface area (Å²) >= 11 is 0. The lowest BCUT2D eigenvalue weighted by Gasteiger charge is -2.34. The molecule has 2 amide bonds. The molecule has 1 heterocycles. The van der Waals surface area contributed by atoms with E-state index < -0.39 is 6.10 Å². The van der Waals surface area contributed by atoms with E-state index in [4.69, 9.17) is 9.47 Å². The van der Waals surface area contributed by atoms with Crippen molar-refractivity contribution in [1.82, 2.24) is 5.32 Å². The van der Waals surface area contributed by atoms with E-state index in [1.807, 2.05) is 38.1 Å². The van der Waals surface area contributed by atoms with Gasteiger partial charge in [0.15, 0.2) is 12.7 Å². The fourth-order valence-electron chi connectivity index (χ4n) is 2.87. The molecule has 0 unspecified atom stereocenters. The molecule has 0 aliphatic carbocycles. The van der Waals surface area contributed by atoms with Crippen molar-refractivity contribution in [1.29, 1.82) is 0 Å². The first-order chi connectivity index (χ1) is 12.5. The van der Waals surface area contributed by atoms with Crippen LogP contribution in [0.1, 0.15) is 11.1 Å². The van der Waals surface area contributed by atoms with Crippen LogP contribution in [0.5, 0.6) is 11.5 Å². The predicted molar refractivity (Wildman–Crippen MR) is 98.7 cm³/mol. The lowest BCUT2D eigenvalue weighted by molar-refractivity contribution is -0.128. The molecule has 1 aliphatic rings. The van der Waals surface area contributed by atoms with Crippen LogP contribution in [-0.4, -0.2) is 38.1 Å². The molecule has 26 heavy (non-hydrogen) atoms. The summed E-state index contributed by atoms with van der Waals surface area (Å²) < 4.78 is 11.5. The number of rotatable bonds is 4. The maximum atomic E-state index is 12.8. The zero-order valence-electron chi connectivity index (χ0n) is 15.1. The summed E-state index contributed by atoms with van der Waals surface area (Å²) in [6.45, 7) is 3.99. The number of hydrogen-bond donors (Lipinski definition) is 1. The fraction of sp³-hybridized carbons (Fsp3) is 0.300. The molecular formula is C20H22N2O4. The van der Waals surface area contributed by atoms with E-state index in [0.29, 0.717) is 17.2 Å². The summed E-state index contributed by atoms with van der Waals surface area (Å²) in [4.78, 5) is 26.3. The molecule has 0 spiro atoms. The topological polar surface area (TPSA) is 67.9 Å². The van der Waals surface area contributed by atoms with Gasteiger partial charge in [0.2, 0.25) is 0 Å². The summed E-state index contributed by atoms with van der Waals surface area (Å²) in [6, 6.07) is 12.9. The van der Waals surface area contributed by atoms with Crippen LogP contribution in [0.25, 0.3) is 0 Å². The van der Waals surface area contributed by atoms with E-state index >= 15 is 0 Å². The third-order valence-electron chi connectivity index (χ3n) is 4.52. The maximum absolute atomic E-state index is 12.8. The molecule has 2 aromatic carbocycles. The molecular weight excluding hydrogens is 332 g/mol. The third kappa shape index (κ3) is 3.49. The van der Waals surface area contributed by atoms with Gasteiger partial charge in [-0.3, -0.25) is 9.59 Å². The highest BCUT2D eigenvalue weighted by Crippen LogP contribution is 2.33. The van der Waals surface area contributed by atoms with Crippen LogP contribution in [0.3, 0.4) is 0 Å². The van der Waals surface area contributed by atoms with Gasteiger partial charge in [0.05, 0.1) is 12.2 Å². The van der Waals surface area contributed by atoms with Crippen LogP contribution in [0.15, 0.2) is 42.5 Å². The van der Waals surface area contributed by atoms with E-state index in [1.54, 1.807) is 30.1 Å². The normalized spacial score (nSPS) is 15.7. The summed E-state index contributed by atoms with van der Waals surface area (Å²) in [5, 5.41) is 2.56. The third-order valence-corrected chi connectivity index (χ3v) is 4.52. The molecule has 0 saturated heterocycles. The summed E-state index contributed by atoms with van der Waals surface area (Å²) in [6.07, 6.45) is -0.750. The first-order valence-corrected chi connectivity index (χ1v) is 8.48. The SMILES string of the molecule is CNC(=O)[C@H]1CN(C(=O)COc2cccc(C)c2C)c2ccccc2O1. The fourth-order valence-corrected chi connectivity index (χ4v) is 2.87. The first kappa shape index (κ1) is 17.8. The molecule has 1 atom stereocenters. The van der Waals surface area contributed by atoms with Gasteiger partial charge in [0, 0.05) is 7.05 Å². The smallest absolute Gasteiger partial charge is 0.265 e. The van der Waals surface area contributed by atoms with Crippen molar-refractivity contribution in [3.05, 3.63) is 53.6 Å². The Balaban J connectivity index is 1.79. The average Bonchev–Trinajstić information content (AvgIpc) is 2.67. The molecule has 0 fully saturated rings. The van der Waals surface area contributed by atoms with Crippen molar-refractivity contribution in [3.63, 3.8) is 0 Å². The summed E-state index contributed by atoms with van der Waals surface area (Å²) in [7, 11) is 1.54. The minimum absolute atomic E-state index is 0.112. The van der Waals surface area contributed by atoms with Gasteiger partial charge in [0.1, 0.15) is 11.5 Å². The summed E-state index contributed by atoms with van der Waals surface area (Å²) in [5.74, 6) is 0.693. The van der Waals surface area contributed by atoms with Gasteiger partial charge in [-0.2, -0.15) is 0 Å². The highest BCUT2D eigenvalue weighted by Gasteiger charge is 2.33. The number of anilines is 1. The molecule has 0 aromatic heterocycles. The van der Waals surface area contributed by atoms with Crippen molar-refractivity contribution in [2.24, 2.45) is 0 Å². The van der Waals surface area contributed by atoms with E-state index in [2.05, 4.69) is 5.32 Å². The minimum atomic E-state index is -0.750. The number of benzene rings is 2. The molecule has 2 aromatic rings. The minimum Gasteiger partial charge on any atom is -0.483 e. The van der Waals surface area contributed by atoms with E-state index in [-0.39, 0.29) is 25.0 Å². The van der Waals surface area contributed by atoms with Crippen molar-refractivity contribution in [2.45, 2.75) is 20.0 Å². The van der Waals surface area contributed by atoms with Crippen LogP contribution in [0, 0.1) is 13.8 Å².